The summed E-state index contributed by atoms with van der Waals surface area (Å²) in [5.74, 6) is 0.331. The molecule has 8 heteroatoms. The lowest BCUT2D eigenvalue weighted by Gasteiger charge is -2.06. The Hall–Kier alpha value is -1.70. The minimum atomic E-state index is -2.67. The highest BCUT2D eigenvalue weighted by atomic mass is 32.1. The van der Waals surface area contributed by atoms with Gasteiger partial charge in [0, 0.05) is 30.0 Å². The van der Waals surface area contributed by atoms with E-state index in [1.807, 2.05) is 0 Å². The minimum absolute atomic E-state index is 0.0825. The van der Waals surface area contributed by atoms with Crippen LogP contribution in [0.1, 0.15) is 47.1 Å². The second kappa shape index (κ2) is 5.59. The average Bonchev–Trinajstić information content (AvgIpc) is 3.22. The summed E-state index contributed by atoms with van der Waals surface area (Å²) in [5.41, 5.74) is 0.792. The van der Waals surface area contributed by atoms with E-state index < -0.39 is 12.3 Å². The molecule has 3 rings (SSSR count). The van der Waals surface area contributed by atoms with Gasteiger partial charge in [0.15, 0.2) is 11.3 Å². The summed E-state index contributed by atoms with van der Waals surface area (Å²) in [4.78, 5) is 16.2. The lowest BCUT2D eigenvalue weighted by molar-refractivity contribution is 0.0950. The van der Waals surface area contributed by atoms with Crippen molar-refractivity contribution in [3.05, 3.63) is 29.2 Å². The number of halogens is 2. The van der Waals surface area contributed by atoms with Crippen molar-refractivity contribution in [3.63, 3.8) is 0 Å². The Kier molecular flexibility index (Phi) is 3.79. The van der Waals surface area contributed by atoms with Crippen molar-refractivity contribution in [2.75, 3.05) is 12.3 Å². The van der Waals surface area contributed by atoms with Crippen LogP contribution in [0.4, 0.5) is 8.78 Å². The van der Waals surface area contributed by atoms with Crippen LogP contribution < -0.4 is 5.32 Å². The topological polar surface area (TPSA) is 59.3 Å². The third-order valence-corrected chi connectivity index (χ3v) is 3.55. The van der Waals surface area contributed by atoms with E-state index in [9.17, 15) is 13.6 Å². The molecule has 0 atom stereocenters. The summed E-state index contributed by atoms with van der Waals surface area (Å²) < 4.78 is 27.4. The largest absolute Gasteiger partial charge is 0.350 e. The molecule has 5 nitrogen and oxygen atoms in total. The van der Waals surface area contributed by atoms with Crippen LogP contribution >= 0.6 is 12.6 Å². The van der Waals surface area contributed by atoms with E-state index in [4.69, 9.17) is 0 Å². The van der Waals surface area contributed by atoms with E-state index in [2.05, 4.69) is 28.0 Å². The first-order valence-electron chi connectivity index (χ1n) is 6.68. The Balaban J connectivity index is 2.02. The van der Waals surface area contributed by atoms with Gasteiger partial charge in [-0.05, 0) is 18.9 Å². The first-order chi connectivity index (χ1) is 10.1. The quantitative estimate of drug-likeness (QED) is 0.832. The Labute approximate surface area is 125 Å². The van der Waals surface area contributed by atoms with Gasteiger partial charge in [0.25, 0.3) is 12.3 Å². The van der Waals surface area contributed by atoms with Crippen molar-refractivity contribution in [2.24, 2.45) is 0 Å². The maximum Gasteiger partial charge on any atom is 0.280 e. The summed E-state index contributed by atoms with van der Waals surface area (Å²) in [6.45, 7) is 0.387. The number of carbonyl (C=O) groups excluding carboxylic acids is 1. The van der Waals surface area contributed by atoms with Crippen molar-refractivity contribution < 1.29 is 13.6 Å². The number of carbonyl (C=O) groups is 1. The predicted octanol–water partition coefficient (Wildman–Crippen LogP) is 2.20. The lowest BCUT2D eigenvalue weighted by Crippen LogP contribution is -2.25. The number of amides is 1. The van der Waals surface area contributed by atoms with Crippen LogP contribution in [0.25, 0.3) is 5.65 Å². The molecule has 0 spiro atoms. The number of alkyl halides is 2. The third kappa shape index (κ3) is 2.85. The van der Waals surface area contributed by atoms with Gasteiger partial charge in [-0.2, -0.15) is 17.7 Å². The van der Waals surface area contributed by atoms with Gasteiger partial charge in [0.1, 0.15) is 5.69 Å². The SMILES string of the molecule is O=C(NCCS)c1cc2nc(C3CC3)cc(C(F)F)n2n1. The van der Waals surface area contributed by atoms with Crippen LogP contribution in [0.15, 0.2) is 12.1 Å². The highest BCUT2D eigenvalue weighted by molar-refractivity contribution is 7.80. The fourth-order valence-electron chi connectivity index (χ4n) is 2.13. The highest BCUT2D eigenvalue weighted by Gasteiger charge is 2.28. The molecular formula is C13H14F2N4OS. The molecule has 2 heterocycles. The van der Waals surface area contributed by atoms with Gasteiger partial charge in [0.05, 0.1) is 0 Å². The van der Waals surface area contributed by atoms with E-state index in [1.54, 1.807) is 0 Å². The molecule has 2 aromatic heterocycles. The number of thiol groups is 1. The summed E-state index contributed by atoms with van der Waals surface area (Å²) in [7, 11) is 0. The molecule has 1 N–H and O–H groups in total. The average molecular weight is 312 g/mol. The van der Waals surface area contributed by atoms with Crippen molar-refractivity contribution in [3.8, 4) is 0 Å². The van der Waals surface area contributed by atoms with Crippen molar-refractivity contribution >= 4 is 24.2 Å². The molecule has 1 aliphatic rings. The standard InChI is InChI=1S/C13H14F2N4OS/c14-12(15)10-5-8(7-1-2-7)17-11-6-9(18-19(10)11)13(20)16-3-4-21/h5-7,12,21H,1-4H2,(H,16,20). The van der Waals surface area contributed by atoms with Crippen LogP contribution in [0.5, 0.6) is 0 Å². The molecule has 0 aromatic carbocycles. The fraction of sp³-hybridized carbons (Fsp3) is 0.462. The summed E-state index contributed by atoms with van der Waals surface area (Å²) in [6, 6.07) is 2.82. The zero-order valence-electron chi connectivity index (χ0n) is 11.1. The zero-order chi connectivity index (χ0) is 15.0. The molecule has 0 unspecified atom stereocenters. The molecule has 0 bridgehead atoms. The Morgan fingerprint density at radius 3 is 2.86 bits per heavy atom. The van der Waals surface area contributed by atoms with E-state index in [1.165, 1.54) is 12.1 Å². The molecule has 112 valence electrons. The maximum atomic E-state index is 13.2. The highest BCUT2D eigenvalue weighted by Crippen LogP contribution is 2.40. The van der Waals surface area contributed by atoms with Crippen LogP contribution in [0, 0.1) is 0 Å². The van der Waals surface area contributed by atoms with Gasteiger partial charge in [-0.25, -0.2) is 18.3 Å². The molecule has 0 aliphatic heterocycles. The molecule has 1 aliphatic carbocycles. The maximum absolute atomic E-state index is 13.2. The van der Waals surface area contributed by atoms with E-state index >= 15 is 0 Å². The van der Waals surface area contributed by atoms with E-state index in [-0.39, 0.29) is 23.0 Å². The van der Waals surface area contributed by atoms with Crippen molar-refractivity contribution in [1.82, 2.24) is 19.9 Å². The number of nitrogens with zero attached hydrogens (tertiary/aromatic N) is 3. The van der Waals surface area contributed by atoms with E-state index in [0.717, 1.165) is 17.4 Å². The van der Waals surface area contributed by atoms with Gasteiger partial charge >= 0.3 is 0 Å². The lowest BCUT2D eigenvalue weighted by atomic mass is 10.2. The molecule has 0 saturated heterocycles. The summed E-state index contributed by atoms with van der Waals surface area (Å²) in [6.07, 6.45) is -0.730. The Morgan fingerprint density at radius 1 is 1.48 bits per heavy atom. The van der Waals surface area contributed by atoms with Gasteiger partial charge in [-0.1, -0.05) is 0 Å². The van der Waals surface area contributed by atoms with Crippen molar-refractivity contribution in [2.45, 2.75) is 25.2 Å². The number of aromatic nitrogens is 3. The molecule has 0 radical (unpaired) electrons. The summed E-state index contributed by atoms with van der Waals surface area (Å²) >= 11 is 3.99. The van der Waals surface area contributed by atoms with Gasteiger partial charge in [-0.15, -0.1) is 0 Å². The molecule has 1 fully saturated rings. The molecule has 21 heavy (non-hydrogen) atoms. The van der Waals surface area contributed by atoms with Gasteiger partial charge < -0.3 is 5.32 Å². The number of fused-ring (bicyclic) bond motifs is 1. The van der Waals surface area contributed by atoms with Crippen LogP contribution in [0.3, 0.4) is 0 Å². The van der Waals surface area contributed by atoms with Crippen molar-refractivity contribution in [1.29, 1.82) is 0 Å². The number of nitrogens with one attached hydrogen (secondary N) is 1. The fourth-order valence-corrected chi connectivity index (χ4v) is 2.24. The van der Waals surface area contributed by atoms with Gasteiger partial charge in [-0.3, -0.25) is 4.79 Å². The molecule has 2 aromatic rings. The minimum Gasteiger partial charge on any atom is -0.350 e. The first kappa shape index (κ1) is 14.2. The summed E-state index contributed by atoms with van der Waals surface area (Å²) in [5, 5.41) is 6.55. The third-order valence-electron chi connectivity index (χ3n) is 3.32. The number of rotatable bonds is 5. The predicted molar refractivity (Wildman–Crippen MR) is 76.1 cm³/mol. The van der Waals surface area contributed by atoms with Crippen LogP contribution in [-0.2, 0) is 0 Å². The molecule has 1 saturated carbocycles. The van der Waals surface area contributed by atoms with Crippen LogP contribution in [0.2, 0.25) is 0 Å². The normalized spacial score (nSPS) is 14.9. The number of hydrogen-bond acceptors (Lipinski definition) is 4. The van der Waals surface area contributed by atoms with E-state index in [0.29, 0.717) is 18.0 Å². The second-order valence-corrected chi connectivity index (χ2v) is 5.41. The van der Waals surface area contributed by atoms with Gasteiger partial charge in [0.2, 0.25) is 0 Å². The molecular weight excluding hydrogens is 298 g/mol. The Morgan fingerprint density at radius 2 is 2.24 bits per heavy atom. The molecule has 1 amide bonds. The van der Waals surface area contributed by atoms with Crippen LogP contribution in [-0.4, -0.2) is 32.8 Å². The second-order valence-electron chi connectivity index (χ2n) is 4.96. The monoisotopic (exact) mass is 312 g/mol. The zero-order valence-corrected chi connectivity index (χ0v) is 12.0. The smallest absolute Gasteiger partial charge is 0.280 e. The Bertz CT molecular complexity index is 684. The number of hydrogen-bond donors (Lipinski definition) is 2. The first-order valence-corrected chi connectivity index (χ1v) is 7.31.